The third kappa shape index (κ3) is 1.64. The standard InChI is InChI=1S/C11H7IO5/c12-5-3-1-2-4-6(5)9(14)10(15)7(8(4)13)11(16)17/h1-3,13-15H,(H,16,17). The van der Waals surface area contributed by atoms with Gasteiger partial charge in [-0.2, -0.15) is 0 Å². The average molecular weight is 346 g/mol. The first-order chi connectivity index (χ1) is 7.95. The summed E-state index contributed by atoms with van der Waals surface area (Å²) in [6.45, 7) is 0. The summed E-state index contributed by atoms with van der Waals surface area (Å²) in [5.74, 6) is -3.43. The van der Waals surface area contributed by atoms with Crippen molar-refractivity contribution in [2.75, 3.05) is 0 Å². The Labute approximate surface area is 109 Å². The number of carboxylic acid groups (broad SMARTS) is 1. The van der Waals surface area contributed by atoms with Crippen LogP contribution in [-0.2, 0) is 0 Å². The minimum absolute atomic E-state index is 0.185. The summed E-state index contributed by atoms with van der Waals surface area (Å²) in [5, 5.41) is 38.4. The molecule has 0 aromatic heterocycles. The van der Waals surface area contributed by atoms with Crippen molar-refractivity contribution in [2.24, 2.45) is 0 Å². The van der Waals surface area contributed by atoms with E-state index in [1.54, 1.807) is 12.1 Å². The molecule has 2 rings (SSSR count). The number of phenolic OH excluding ortho intramolecular Hbond substituents is 1. The Balaban J connectivity index is 3.06. The first-order valence-corrected chi connectivity index (χ1v) is 5.61. The molecule has 6 heteroatoms. The molecular weight excluding hydrogens is 339 g/mol. The van der Waals surface area contributed by atoms with Crippen molar-refractivity contribution in [1.29, 1.82) is 0 Å². The number of hydrogen-bond acceptors (Lipinski definition) is 4. The van der Waals surface area contributed by atoms with Gasteiger partial charge in [0.25, 0.3) is 0 Å². The van der Waals surface area contributed by atoms with Crippen molar-refractivity contribution in [2.45, 2.75) is 0 Å². The largest absolute Gasteiger partial charge is 0.506 e. The number of fused-ring (bicyclic) bond motifs is 1. The molecule has 0 saturated carbocycles. The molecule has 5 nitrogen and oxygen atoms in total. The number of phenols is 3. The zero-order valence-electron chi connectivity index (χ0n) is 8.31. The van der Waals surface area contributed by atoms with Crippen LogP contribution >= 0.6 is 22.6 Å². The Morgan fingerprint density at radius 3 is 2.29 bits per heavy atom. The third-order valence-corrected chi connectivity index (χ3v) is 3.32. The summed E-state index contributed by atoms with van der Waals surface area (Å²) in [7, 11) is 0. The van der Waals surface area contributed by atoms with Gasteiger partial charge in [-0.15, -0.1) is 0 Å². The van der Waals surface area contributed by atoms with Crippen LogP contribution in [0.2, 0.25) is 0 Å². The molecule has 88 valence electrons. The van der Waals surface area contributed by atoms with Crippen LogP contribution in [0.15, 0.2) is 18.2 Å². The SMILES string of the molecule is O=C(O)c1c(O)c(O)c2c(I)cccc2c1O. The van der Waals surface area contributed by atoms with Gasteiger partial charge in [-0.05, 0) is 28.7 Å². The molecule has 0 unspecified atom stereocenters. The molecule has 0 bridgehead atoms. The fourth-order valence-corrected chi connectivity index (χ4v) is 2.40. The van der Waals surface area contributed by atoms with Crippen molar-refractivity contribution < 1.29 is 25.2 Å². The van der Waals surface area contributed by atoms with Gasteiger partial charge in [0.05, 0.1) is 0 Å². The van der Waals surface area contributed by atoms with Gasteiger partial charge in [-0.1, -0.05) is 12.1 Å². The van der Waals surface area contributed by atoms with Gasteiger partial charge in [0.1, 0.15) is 11.3 Å². The van der Waals surface area contributed by atoms with Crippen LogP contribution in [0.5, 0.6) is 17.2 Å². The van der Waals surface area contributed by atoms with Crippen molar-refractivity contribution in [1.82, 2.24) is 0 Å². The molecule has 0 atom stereocenters. The van der Waals surface area contributed by atoms with E-state index < -0.39 is 28.8 Å². The topological polar surface area (TPSA) is 98.0 Å². The van der Waals surface area contributed by atoms with E-state index >= 15 is 0 Å². The highest BCUT2D eigenvalue weighted by Gasteiger charge is 2.24. The Morgan fingerprint density at radius 2 is 1.71 bits per heavy atom. The average Bonchev–Trinajstić information content (AvgIpc) is 2.25. The molecule has 2 aromatic rings. The van der Waals surface area contributed by atoms with Gasteiger partial charge in [0.15, 0.2) is 11.5 Å². The molecule has 0 spiro atoms. The van der Waals surface area contributed by atoms with Gasteiger partial charge in [0, 0.05) is 14.3 Å². The van der Waals surface area contributed by atoms with Crippen LogP contribution in [0, 0.1) is 3.57 Å². The fraction of sp³-hybridized carbons (Fsp3) is 0. The molecule has 0 heterocycles. The minimum Gasteiger partial charge on any atom is -0.506 e. The lowest BCUT2D eigenvalue weighted by Gasteiger charge is -2.11. The van der Waals surface area contributed by atoms with E-state index in [9.17, 15) is 20.1 Å². The maximum atomic E-state index is 10.9. The minimum atomic E-state index is -1.50. The lowest BCUT2D eigenvalue weighted by molar-refractivity contribution is 0.0690. The molecule has 0 radical (unpaired) electrons. The summed E-state index contributed by atoms with van der Waals surface area (Å²) in [4.78, 5) is 10.9. The summed E-state index contributed by atoms with van der Waals surface area (Å²) in [5.41, 5.74) is -0.697. The van der Waals surface area contributed by atoms with E-state index in [-0.39, 0.29) is 10.8 Å². The molecule has 0 aliphatic heterocycles. The summed E-state index contributed by atoms with van der Waals surface area (Å²) in [6.07, 6.45) is 0. The molecule has 0 fully saturated rings. The van der Waals surface area contributed by atoms with Crippen LogP contribution in [-0.4, -0.2) is 26.4 Å². The van der Waals surface area contributed by atoms with E-state index in [0.717, 1.165) is 0 Å². The zero-order chi connectivity index (χ0) is 12.7. The van der Waals surface area contributed by atoms with E-state index in [2.05, 4.69) is 0 Å². The molecular formula is C11H7IO5. The maximum absolute atomic E-state index is 10.9. The second-order valence-corrected chi connectivity index (χ2v) is 4.55. The Bertz CT molecular complexity index is 636. The number of carboxylic acids is 1. The molecule has 0 amide bonds. The van der Waals surface area contributed by atoms with Gasteiger partial charge < -0.3 is 20.4 Å². The van der Waals surface area contributed by atoms with Gasteiger partial charge in [-0.25, -0.2) is 4.79 Å². The van der Waals surface area contributed by atoms with Crippen LogP contribution in [0.25, 0.3) is 10.8 Å². The Hall–Kier alpha value is -1.70. The number of halogens is 1. The van der Waals surface area contributed by atoms with Crippen molar-refractivity contribution >= 4 is 39.3 Å². The zero-order valence-corrected chi connectivity index (χ0v) is 10.5. The summed E-state index contributed by atoms with van der Waals surface area (Å²) >= 11 is 1.92. The highest BCUT2D eigenvalue weighted by molar-refractivity contribution is 14.1. The first-order valence-electron chi connectivity index (χ1n) is 4.53. The van der Waals surface area contributed by atoms with Crippen LogP contribution in [0.4, 0.5) is 0 Å². The third-order valence-electron chi connectivity index (χ3n) is 2.42. The predicted octanol–water partition coefficient (Wildman–Crippen LogP) is 2.26. The van der Waals surface area contributed by atoms with Crippen LogP contribution in [0.1, 0.15) is 10.4 Å². The normalized spacial score (nSPS) is 10.6. The van der Waals surface area contributed by atoms with Crippen molar-refractivity contribution in [3.05, 3.63) is 27.3 Å². The van der Waals surface area contributed by atoms with Gasteiger partial charge in [-0.3, -0.25) is 0 Å². The fourth-order valence-electron chi connectivity index (χ4n) is 1.65. The maximum Gasteiger partial charge on any atom is 0.343 e. The second-order valence-electron chi connectivity index (χ2n) is 3.39. The molecule has 0 saturated heterocycles. The Morgan fingerprint density at radius 1 is 1.06 bits per heavy atom. The van der Waals surface area contributed by atoms with E-state index in [4.69, 9.17) is 5.11 Å². The smallest absolute Gasteiger partial charge is 0.343 e. The van der Waals surface area contributed by atoms with Gasteiger partial charge in [0.2, 0.25) is 0 Å². The lowest BCUT2D eigenvalue weighted by atomic mass is 10.0. The quantitative estimate of drug-likeness (QED) is 0.361. The van der Waals surface area contributed by atoms with Crippen molar-refractivity contribution in [3.63, 3.8) is 0 Å². The number of aromatic carboxylic acids is 1. The van der Waals surface area contributed by atoms with Crippen molar-refractivity contribution in [3.8, 4) is 17.2 Å². The number of hydrogen-bond donors (Lipinski definition) is 4. The number of benzene rings is 2. The van der Waals surface area contributed by atoms with Crippen LogP contribution in [0.3, 0.4) is 0 Å². The highest BCUT2D eigenvalue weighted by Crippen LogP contribution is 2.45. The predicted molar refractivity (Wildman–Crippen MR) is 68.6 cm³/mol. The van der Waals surface area contributed by atoms with E-state index in [1.807, 2.05) is 22.6 Å². The second kappa shape index (κ2) is 3.95. The number of aromatic hydroxyl groups is 3. The molecule has 0 aliphatic rings. The lowest BCUT2D eigenvalue weighted by Crippen LogP contribution is -1.99. The first kappa shape index (κ1) is 11.8. The summed E-state index contributed by atoms with van der Waals surface area (Å²) in [6, 6.07) is 4.76. The van der Waals surface area contributed by atoms with E-state index in [1.165, 1.54) is 6.07 Å². The molecule has 0 aliphatic carbocycles. The summed E-state index contributed by atoms with van der Waals surface area (Å²) < 4.78 is 0.597. The number of rotatable bonds is 1. The van der Waals surface area contributed by atoms with Gasteiger partial charge >= 0.3 is 5.97 Å². The molecule has 4 N–H and O–H groups in total. The molecule has 17 heavy (non-hydrogen) atoms. The van der Waals surface area contributed by atoms with Crippen LogP contribution < -0.4 is 0 Å². The number of carbonyl (C=O) groups is 1. The molecule has 2 aromatic carbocycles. The monoisotopic (exact) mass is 346 g/mol. The highest BCUT2D eigenvalue weighted by atomic mass is 127. The van der Waals surface area contributed by atoms with E-state index in [0.29, 0.717) is 3.57 Å². The Kier molecular flexibility index (Phi) is 2.74.